The van der Waals surface area contributed by atoms with Gasteiger partial charge in [-0.1, -0.05) is 6.42 Å². The third-order valence-corrected chi connectivity index (χ3v) is 1.29. The monoisotopic (exact) mass is 143 g/mol. The molecular formula is C7H11N3. The third-order valence-electron chi connectivity index (χ3n) is 1.29. The lowest BCUT2D eigenvalue weighted by Crippen LogP contribution is -2.01. The first kappa shape index (κ1) is 2.32. The molecule has 0 bridgehead atoms. The molecule has 0 amide bonds. The predicted octanol–water partition coefficient (Wildman–Crippen LogP) is 1.00. The average molecular weight is 143 g/mol. The highest BCUT2D eigenvalue weighted by Gasteiger charge is 2.06. The SMILES string of the molecule is [2H]C1([2H])Cn2ncnc2C([2H])([2H])C([2H])([2H])C1. The molecule has 0 atom stereocenters. The maximum Gasteiger partial charge on any atom is 0.138 e. The standard InChI is InChI=1S/C7H11N3/c1-2-4-7-8-6-9-10(7)5-3-1/h6H,1-5H2/i2D2,3D2,4D2. The first-order valence-corrected chi connectivity index (χ1v) is 3.04. The highest BCUT2D eigenvalue weighted by molar-refractivity contribution is 4.86. The van der Waals surface area contributed by atoms with E-state index in [2.05, 4.69) is 10.1 Å². The van der Waals surface area contributed by atoms with Gasteiger partial charge in [0.25, 0.3) is 0 Å². The highest BCUT2D eigenvalue weighted by atomic mass is 15.3. The summed E-state index contributed by atoms with van der Waals surface area (Å²) in [5, 5.41) is 3.73. The second-order valence-corrected chi connectivity index (χ2v) is 1.97. The molecule has 1 aromatic heterocycles. The van der Waals surface area contributed by atoms with Crippen LogP contribution in [0.3, 0.4) is 0 Å². The Bertz CT molecular complexity index is 412. The second kappa shape index (κ2) is 2.40. The van der Waals surface area contributed by atoms with Crippen LogP contribution in [0.15, 0.2) is 6.33 Å². The third kappa shape index (κ3) is 0.916. The summed E-state index contributed by atoms with van der Waals surface area (Å²) >= 11 is 0. The van der Waals surface area contributed by atoms with Crippen LogP contribution in [0, 0.1) is 0 Å². The van der Waals surface area contributed by atoms with Gasteiger partial charge in [0.1, 0.15) is 12.2 Å². The summed E-state index contributed by atoms with van der Waals surface area (Å²) in [4.78, 5) is 3.70. The molecule has 0 aromatic carbocycles. The maximum atomic E-state index is 7.75. The van der Waals surface area contributed by atoms with E-state index in [1.165, 1.54) is 0 Å². The molecule has 0 saturated carbocycles. The number of aryl methyl sites for hydroxylation is 2. The van der Waals surface area contributed by atoms with Crippen LogP contribution in [0.25, 0.3) is 0 Å². The van der Waals surface area contributed by atoms with Crippen LogP contribution < -0.4 is 0 Å². The molecule has 0 spiro atoms. The van der Waals surface area contributed by atoms with Gasteiger partial charge in [0.15, 0.2) is 0 Å². The normalized spacial score (nSPS) is 42.0. The summed E-state index contributed by atoms with van der Waals surface area (Å²) in [5.74, 6) is -0.154. The fraction of sp³-hybridized carbons (Fsp3) is 0.714. The fourth-order valence-electron chi connectivity index (χ4n) is 0.824. The first-order chi connectivity index (χ1) is 7.16. The largest absolute Gasteiger partial charge is 0.250 e. The Morgan fingerprint density at radius 1 is 1.60 bits per heavy atom. The molecule has 0 unspecified atom stereocenters. The van der Waals surface area contributed by atoms with Gasteiger partial charge in [0, 0.05) is 21.1 Å². The van der Waals surface area contributed by atoms with Crippen molar-refractivity contribution in [3.63, 3.8) is 0 Å². The summed E-state index contributed by atoms with van der Waals surface area (Å²) in [5.41, 5.74) is 0. The molecule has 1 aromatic rings. The van der Waals surface area contributed by atoms with Crippen LogP contribution in [-0.2, 0) is 12.9 Å². The number of rotatable bonds is 0. The van der Waals surface area contributed by atoms with Gasteiger partial charge in [0.05, 0.1) is 0 Å². The number of nitrogens with zero attached hydrogens (tertiary/aromatic N) is 3. The highest BCUT2D eigenvalue weighted by Crippen LogP contribution is 2.09. The molecule has 0 radical (unpaired) electrons. The van der Waals surface area contributed by atoms with E-state index in [1.54, 1.807) is 0 Å². The molecule has 2 rings (SSSR count). The number of hydrogen-bond donors (Lipinski definition) is 0. The fourth-order valence-corrected chi connectivity index (χ4v) is 0.824. The van der Waals surface area contributed by atoms with Gasteiger partial charge in [-0.15, -0.1) is 0 Å². The summed E-state index contributed by atoms with van der Waals surface area (Å²) in [6.07, 6.45) is -5.89. The van der Waals surface area contributed by atoms with Crippen molar-refractivity contribution in [1.29, 1.82) is 0 Å². The van der Waals surface area contributed by atoms with Gasteiger partial charge in [-0.05, 0) is 12.7 Å². The maximum absolute atomic E-state index is 7.75. The number of hydrogen-bond acceptors (Lipinski definition) is 2. The molecule has 0 N–H and O–H groups in total. The lowest BCUT2D eigenvalue weighted by molar-refractivity contribution is 0.575. The minimum absolute atomic E-state index is 0.154. The van der Waals surface area contributed by atoms with Crippen LogP contribution in [0.1, 0.15) is 33.2 Å². The molecular weight excluding hydrogens is 126 g/mol. The van der Waals surface area contributed by atoms with Crippen LogP contribution in [0.2, 0.25) is 0 Å². The Labute approximate surface area is 68.5 Å². The Kier molecular flexibility index (Phi) is 0.559. The Morgan fingerprint density at radius 2 is 2.60 bits per heavy atom. The quantitative estimate of drug-likeness (QED) is 0.542. The summed E-state index contributed by atoms with van der Waals surface area (Å²) in [6, 6.07) is 0. The van der Waals surface area contributed by atoms with Gasteiger partial charge in [-0.2, -0.15) is 5.10 Å². The lowest BCUT2D eigenvalue weighted by atomic mass is 10.2. The first-order valence-electron chi connectivity index (χ1n) is 6.04. The summed E-state index contributed by atoms with van der Waals surface area (Å²) in [7, 11) is 0. The van der Waals surface area contributed by atoms with E-state index in [9.17, 15) is 0 Å². The molecule has 2 heterocycles. The van der Waals surface area contributed by atoms with Crippen LogP contribution in [-0.4, -0.2) is 14.8 Å². The minimum atomic E-state index is -2.34. The van der Waals surface area contributed by atoms with Gasteiger partial charge < -0.3 is 0 Å². The van der Waals surface area contributed by atoms with E-state index in [0.717, 1.165) is 11.0 Å². The summed E-state index contributed by atoms with van der Waals surface area (Å²) in [6.45, 7) is -0.179. The van der Waals surface area contributed by atoms with Crippen molar-refractivity contribution in [2.24, 2.45) is 0 Å². The molecule has 54 valence electrons. The summed E-state index contributed by atoms with van der Waals surface area (Å²) < 4.78 is 47.2. The number of aromatic nitrogens is 3. The van der Waals surface area contributed by atoms with Crippen molar-refractivity contribution < 1.29 is 8.22 Å². The zero-order chi connectivity index (χ0) is 12.2. The van der Waals surface area contributed by atoms with E-state index in [1.807, 2.05) is 0 Å². The van der Waals surface area contributed by atoms with E-state index < -0.39 is 25.5 Å². The molecule has 0 aliphatic carbocycles. The van der Waals surface area contributed by atoms with Crippen LogP contribution in [0.5, 0.6) is 0 Å². The smallest absolute Gasteiger partial charge is 0.138 e. The van der Waals surface area contributed by atoms with E-state index in [0.29, 0.717) is 0 Å². The van der Waals surface area contributed by atoms with Crippen molar-refractivity contribution in [3.05, 3.63) is 12.2 Å². The minimum Gasteiger partial charge on any atom is -0.250 e. The van der Waals surface area contributed by atoms with Crippen molar-refractivity contribution in [1.82, 2.24) is 14.8 Å². The van der Waals surface area contributed by atoms with Crippen molar-refractivity contribution in [2.45, 2.75) is 32.1 Å². The van der Waals surface area contributed by atoms with Crippen molar-refractivity contribution in [2.75, 3.05) is 0 Å². The molecule has 3 nitrogen and oxygen atoms in total. The van der Waals surface area contributed by atoms with Gasteiger partial charge >= 0.3 is 0 Å². The molecule has 1 aliphatic heterocycles. The van der Waals surface area contributed by atoms with E-state index in [-0.39, 0.29) is 12.4 Å². The molecule has 0 saturated heterocycles. The zero-order valence-corrected chi connectivity index (χ0v) is 5.33. The molecule has 10 heavy (non-hydrogen) atoms. The molecule has 0 fully saturated rings. The predicted molar refractivity (Wildman–Crippen MR) is 37.6 cm³/mol. The van der Waals surface area contributed by atoms with Crippen LogP contribution >= 0.6 is 0 Å². The van der Waals surface area contributed by atoms with Gasteiger partial charge in [-0.25, -0.2) is 4.98 Å². The van der Waals surface area contributed by atoms with Gasteiger partial charge in [0.2, 0.25) is 0 Å². The molecule has 3 heteroatoms. The van der Waals surface area contributed by atoms with Gasteiger partial charge in [-0.3, -0.25) is 4.68 Å². The Morgan fingerprint density at radius 3 is 3.60 bits per heavy atom. The van der Waals surface area contributed by atoms with E-state index >= 15 is 0 Å². The topological polar surface area (TPSA) is 30.7 Å². The van der Waals surface area contributed by atoms with Crippen LogP contribution in [0.4, 0.5) is 0 Å². The van der Waals surface area contributed by atoms with Crippen molar-refractivity contribution >= 4 is 0 Å². The zero-order valence-electron chi connectivity index (χ0n) is 11.3. The Hall–Kier alpha value is -0.860. The second-order valence-electron chi connectivity index (χ2n) is 1.97. The Balaban J connectivity index is 2.59. The lowest BCUT2D eigenvalue weighted by Gasteiger charge is -1.96. The van der Waals surface area contributed by atoms with Crippen molar-refractivity contribution in [3.8, 4) is 0 Å². The average Bonchev–Trinajstić information content (AvgIpc) is 2.46. The molecule has 1 aliphatic rings. The van der Waals surface area contributed by atoms with E-state index in [4.69, 9.17) is 8.22 Å². The number of fused-ring (bicyclic) bond motifs is 1.